The van der Waals surface area contributed by atoms with Gasteiger partial charge in [-0.3, -0.25) is 9.78 Å². The number of rotatable bonds is 7. The van der Waals surface area contributed by atoms with Crippen molar-refractivity contribution >= 4 is 5.78 Å². The Morgan fingerprint density at radius 2 is 2.18 bits per heavy atom. The van der Waals surface area contributed by atoms with Crippen LogP contribution in [0, 0.1) is 0 Å². The summed E-state index contributed by atoms with van der Waals surface area (Å²) in [5, 5.41) is 0. The zero-order valence-corrected chi connectivity index (χ0v) is 10.6. The fraction of sp³-hybridized carbons (Fsp3) is 0.538. The fourth-order valence-corrected chi connectivity index (χ4v) is 1.60. The molecule has 94 valence electrons. The van der Waals surface area contributed by atoms with Crippen LogP contribution in [0.4, 0.5) is 0 Å². The van der Waals surface area contributed by atoms with E-state index in [0.717, 1.165) is 12.8 Å². The standard InChI is InChI=1S/C13H19NO3/c1-4-6-12(17-5-2)13(15)10-7-11(16-3)9-14-8-10/h7-9,12H,4-6H2,1-3H3. The molecular weight excluding hydrogens is 218 g/mol. The lowest BCUT2D eigenvalue weighted by molar-refractivity contribution is 0.0422. The van der Waals surface area contributed by atoms with Gasteiger partial charge in [0.2, 0.25) is 0 Å². The van der Waals surface area contributed by atoms with Gasteiger partial charge in [-0.05, 0) is 19.4 Å². The third-order valence-corrected chi connectivity index (χ3v) is 2.44. The Morgan fingerprint density at radius 1 is 1.41 bits per heavy atom. The van der Waals surface area contributed by atoms with Gasteiger partial charge in [-0.25, -0.2) is 0 Å². The first-order valence-electron chi connectivity index (χ1n) is 5.87. The summed E-state index contributed by atoms with van der Waals surface area (Å²) in [7, 11) is 1.55. The van der Waals surface area contributed by atoms with E-state index in [0.29, 0.717) is 17.9 Å². The number of Topliss-reactive ketones (excluding diaryl/α,β-unsaturated/α-hetero) is 1. The van der Waals surface area contributed by atoms with Gasteiger partial charge in [0, 0.05) is 18.4 Å². The minimum Gasteiger partial charge on any atom is -0.495 e. The molecule has 1 rings (SSSR count). The number of pyridine rings is 1. The van der Waals surface area contributed by atoms with Gasteiger partial charge < -0.3 is 9.47 Å². The Balaban J connectivity index is 2.84. The number of nitrogens with zero attached hydrogens (tertiary/aromatic N) is 1. The van der Waals surface area contributed by atoms with Crippen molar-refractivity contribution in [3.8, 4) is 5.75 Å². The second-order valence-electron chi connectivity index (χ2n) is 3.71. The monoisotopic (exact) mass is 237 g/mol. The Bertz CT molecular complexity index is 359. The van der Waals surface area contributed by atoms with E-state index in [4.69, 9.17) is 9.47 Å². The maximum Gasteiger partial charge on any atom is 0.193 e. The normalized spacial score (nSPS) is 12.2. The summed E-state index contributed by atoms with van der Waals surface area (Å²) in [6, 6.07) is 1.69. The van der Waals surface area contributed by atoms with Gasteiger partial charge in [-0.1, -0.05) is 13.3 Å². The molecular formula is C13H19NO3. The lowest BCUT2D eigenvalue weighted by atomic mass is 10.0. The highest BCUT2D eigenvalue weighted by Crippen LogP contribution is 2.15. The van der Waals surface area contributed by atoms with Crippen LogP contribution >= 0.6 is 0 Å². The Morgan fingerprint density at radius 3 is 2.76 bits per heavy atom. The molecule has 0 amide bonds. The topological polar surface area (TPSA) is 48.4 Å². The molecule has 0 fully saturated rings. The van der Waals surface area contributed by atoms with E-state index in [2.05, 4.69) is 4.98 Å². The van der Waals surface area contributed by atoms with E-state index >= 15 is 0 Å². The second kappa shape index (κ2) is 7.01. The van der Waals surface area contributed by atoms with E-state index < -0.39 is 0 Å². The molecule has 0 aliphatic rings. The molecule has 0 aliphatic heterocycles. The molecule has 0 aliphatic carbocycles. The molecule has 4 heteroatoms. The van der Waals surface area contributed by atoms with Crippen LogP contribution in [0.5, 0.6) is 5.75 Å². The summed E-state index contributed by atoms with van der Waals surface area (Å²) < 4.78 is 10.5. The molecule has 0 aromatic carbocycles. The number of ether oxygens (including phenoxy) is 2. The highest BCUT2D eigenvalue weighted by molar-refractivity contribution is 5.99. The predicted octanol–water partition coefficient (Wildman–Crippen LogP) is 2.48. The first-order chi connectivity index (χ1) is 8.22. The van der Waals surface area contributed by atoms with Crippen molar-refractivity contribution in [2.45, 2.75) is 32.8 Å². The molecule has 0 spiro atoms. The lowest BCUT2D eigenvalue weighted by Gasteiger charge is -2.15. The number of carbonyl (C=O) groups excluding carboxylic acids is 1. The lowest BCUT2D eigenvalue weighted by Crippen LogP contribution is -2.24. The van der Waals surface area contributed by atoms with E-state index in [1.807, 2.05) is 13.8 Å². The number of hydrogen-bond donors (Lipinski definition) is 0. The molecule has 0 N–H and O–H groups in total. The van der Waals surface area contributed by atoms with Gasteiger partial charge in [-0.15, -0.1) is 0 Å². The van der Waals surface area contributed by atoms with Crippen molar-refractivity contribution in [3.63, 3.8) is 0 Å². The quantitative estimate of drug-likeness (QED) is 0.683. The summed E-state index contributed by atoms with van der Waals surface area (Å²) in [5.74, 6) is 0.558. The van der Waals surface area contributed by atoms with Crippen LogP contribution < -0.4 is 4.74 Å². The van der Waals surface area contributed by atoms with Crippen molar-refractivity contribution in [2.24, 2.45) is 0 Å². The summed E-state index contributed by atoms with van der Waals surface area (Å²) in [6.45, 7) is 4.46. The predicted molar refractivity (Wildman–Crippen MR) is 65.4 cm³/mol. The largest absolute Gasteiger partial charge is 0.495 e. The smallest absolute Gasteiger partial charge is 0.193 e. The number of hydrogen-bond acceptors (Lipinski definition) is 4. The molecule has 1 aromatic heterocycles. The van der Waals surface area contributed by atoms with Crippen LogP contribution in [0.1, 0.15) is 37.0 Å². The molecule has 17 heavy (non-hydrogen) atoms. The highest BCUT2D eigenvalue weighted by Gasteiger charge is 2.20. The summed E-state index contributed by atoms with van der Waals surface area (Å²) >= 11 is 0. The third-order valence-electron chi connectivity index (χ3n) is 2.44. The van der Waals surface area contributed by atoms with Gasteiger partial charge in [0.1, 0.15) is 11.9 Å². The van der Waals surface area contributed by atoms with Crippen LogP contribution in [-0.4, -0.2) is 30.6 Å². The highest BCUT2D eigenvalue weighted by atomic mass is 16.5. The van der Waals surface area contributed by atoms with E-state index in [-0.39, 0.29) is 11.9 Å². The van der Waals surface area contributed by atoms with Crippen LogP contribution in [0.25, 0.3) is 0 Å². The minimum absolute atomic E-state index is 0.0277. The number of aromatic nitrogens is 1. The SMILES string of the molecule is CCCC(OCC)C(=O)c1cncc(OC)c1. The first-order valence-corrected chi connectivity index (χ1v) is 5.87. The van der Waals surface area contributed by atoms with Crippen LogP contribution in [-0.2, 0) is 4.74 Å². The summed E-state index contributed by atoms with van der Waals surface area (Å²) in [4.78, 5) is 16.2. The Labute approximate surface area is 102 Å². The van der Waals surface area contributed by atoms with Gasteiger partial charge in [-0.2, -0.15) is 0 Å². The third kappa shape index (κ3) is 3.82. The van der Waals surface area contributed by atoms with Crippen LogP contribution in [0.3, 0.4) is 0 Å². The summed E-state index contributed by atoms with van der Waals surface area (Å²) in [6.07, 6.45) is 4.38. The molecule has 4 nitrogen and oxygen atoms in total. The molecule has 0 saturated heterocycles. The minimum atomic E-state index is -0.376. The zero-order valence-electron chi connectivity index (χ0n) is 10.6. The van der Waals surface area contributed by atoms with Gasteiger partial charge in [0.15, 0.2) is 5.78 Å². The zero-order chi connectivity index (χ0) is 12.7. The number of carbonyl (C=O) groups is 1. The van der Waals surface area contributed by atoms with Crippen molar-refractivity contribution in [3.05, 3.63) is 24.0 Å². The number of methoxy groups -OCH3 is 1. The van der Waals surface area contributed by atoms with E-state index in [1.54, 1.807) is 25.6 Å². The van der Waals surface area contributed by atoms with Gasteiger partial charge in [0.05, 0.1) is 13.3 Å². The molecule has 1 heterocycles. The van der Waals surface area contributed by atoms with Crippen molar-refractivity contribution < 1.29 is 14.3 Å². The van der Waals surface area contributed by atoms with Gasteiger partial charge in [0.25, 0.3) is 0 Å². The molecule has 1 unspecified atom stereocenters. The molecule has 0 bridgehead atoms. The molecule has 1 atom stereocenters. The van der Waals surface area contributed by atoms with E-state index in [1.165, 1.54) is 0 Å². The van der Waals surface area contributed by atoms with E-state index in [9.17, 15) is 4.79 Å². The van der Waals surface area contributed by atoms with Gasteiger partial charge >= 0.3 is 0 Å². The Kier molecular flexibility index (Phi) is 5.63. The molecule has 1 aromatic rings. The van der Waals surface area contributed by atoms with Crippen LogP contribution in [0.15, 0.2) is 18.5 Å². The maximum absolute atomic E-state index is 12.2. The average molecular weight is 237 g/mol. The molecule has 0 radical (unpaired) electrons. The Hall–Kier alpha value is -1.42. The van der Waals surface area contributed by atoms with Crippen molar-refractivity contribution in [2.75, 3.05) is 13.7 Å². The first kappa shape index (κ1) is 13.6. The van der Waals surface area contributed by atoms with Crippen molar-refractivity contribution in [1.29, 1.82) is 0 Å². The average Bonchev–Trinajstić information content (AvgIpc) is 2.38. The van der Waals surface area contributed by atoms with Crippen LogP contribution in [0.2, 0.25) is 0 Å². The number of ketones is 1. The summed E-state index contributed by atoms with van der Waals surface area (Å²) in [5.41, 5.74) is 0.538. The molecule has 0 saturated carbocycles. The van der Waals surface area contributed by atoms with Crippen molar-refractivity contribution in [1.82, 2.24) is 4.98 Å². The fourth-order valence-electron chi connectivity index (χ4n) is 1.60. The second-order valence-corrected chi connectivity index (χ2v) is 3.71. The maximum atomic E-state index is 12.2.